The second-order valence-electron chi connectivity index (χ2n) is 5.48. The largest absolute Gasteiger partial charge is 0.444 e. The fourth-order valence-corrected chi connectivity index (χ4v) is 1.84. The van der Waals surface area contributed by atoms with Gasteiger partial charge in [-0.25, -0.2) is 4.79 Å². The Kier molecular flexibility index (Phi) is 3.50. The molecule has 0 bridgehead atoms. The van der Waals surface area contributed by atoms with Crippen LogP contribution in [-0.4, -0.2) is 51.6 Å². The summed E-state index contributed by atoms with van der Waals surface area (Å²) in [7, 11) is 0. The van der Waals surface area contributed by atoms with Gasteiger partial charge in [-0.05, 0) is 34.1 Å². The molecule has 0 aromatic rings. The predicted octanol–water partition coefficient (Wildman–Crippen LogP) is 0.739. The molecule has 0 aliphatic carbocycles. The summed E-state index contributed by atoms with van der Waals surface area (Å²) in [5.41, 5.74) is -1.60. The van der Waals surface area contributed by atoms with Gasteiger partial charge in [-0.15, -0.1) is 0 Å². The van der Waals surface area contributed by atoms with Crippen LogP contribution in [0.1, 0.15) is 34.1 Å². The van der Waals surface area contributed by atoms with Gasteiger partial charge in [-0.3, -0.25) is 4.90 Å². The second-order valence-corrected chi connectivity index (χ2v) is 5.48. The van der Waals surface area contributed by atoms with Crippen molar-refractivity contribution in [3.63, 3.8) is 0 Å². The average Bonchev–Trinajstić information content (AvgIpc) is 2.37. The molecule has 2 atom stereocenters. The number of likely N-dealkylation sites (tertiary alicyclic amines) is 1. The molecule has 0 unspecified atom stereocenters. The Morgan fingerprint density at radius 1 is 1.56 bits per heavy atom. The summed E-state index contributed by atoms with van der Waals surface area (Å²) in [6.07, 6.45) is -0.0263. The molecule has 2 N–H and O–H groups in total. The van der Waals surface area contributed by atoms with Crippen molar-refractivity contribution in [3.8, 4) is 0 Å². The SMILES string of the molecule is CC(C)(C)OC(=O)N1CC[C@@](C)(O)[C@@H]1CO. The molecule has 1 fully saturated rings. The molecule has 0 spiro atoms. The molecule has 0 aromatic heterocycles. The number of rotatable bonds is 1. The van der Waals surface area contributed by atoms with E-state index in [9.17, 15) is 15.0 Å². The fourth-order valence-electron chi connectivity index (χ4n) is 1.84. The first-order chi connectivity index (χ1) is 7.17. The molecule has 1 aliphatic heterocycles. The molecule has 1 rings (SSSR count). The molecule has 16 heavy (non-hydrogen) atoms. The second kappa shape index (κ2) is 4.22. The summed E-state index contributed by atoms with van der Waals surface area (Å²) in [5.74, 6) is 0. The Bertz CT molecular complexity index is 270. The summed E-state index contributed by atoms with van der Waals surface area (Å²) in [4.78, 5) is 13.2. The molecule has 1 aliphatic rings. The monoisotopic (exact) mass is 231 g/mol. The van der Waals surface area contributed by atoms with Gasteiger partial charge in [0, 0.05) is 6.54 Å². The van der Waals surface area contributed by atoms with Crippen LogP contribution in [0.4, 0.5) is 4.79 Å². The Labute approximate surface area is 96.0 Å². The van der Waals surface area contributed by atoms with E-state index in [2.05, 4.69) is 0 Å². The van der Waals surface area contributed by atoms with E-state index in [1.807, 2.05) is 0 Å². The van der Waals surface area contributed by atoms with Crippen LogP contribution in [0, 0.1) is 0 Å². The first-order valence-corrected chi connectivity index (χ1v) is 5.50. The van der Waals surface area contributed by atoms with Crippen molar-refractivity contribution < 1.29 is 19.7 Å². The Morgan fingerprint density at radius 3 is 2.56 bits per heavy atom. The number of aliphatic hydroxyl groups is 2. The van der Waals surface area contributed by atoms with Crippen molar-refractivity contribution in [2.75, 3.05) is 13.2 Å². The van der Waals surface area contributed by atoms with Gasteiger partial charge in [0.25, 0.3) is 0 Å². The first kappa shape index (κ1) is 13.3. The molecule has 94 valence electrons. The van der Waals surface area contributed by atoms with Crippen LogP contribution < -0.4 is 0 Å². The van der Waals surface area contributed by atoms with Crippen molar-refractivity contribution in [1.29, 1.82) is 0 Å². The van der Waals surface area contributed by atoms with Crippen molar-refractivity contribution in [2.24, 2.45) is 0 Å². The van der Waals surface area contributed by atoms with E-state index in [0.717, 1.165) is 0 Å². The van der Waals surface area contributed by atoms with Crippen molar-refractivity contribution in [1.82, 2.24) is 4.90 Å². The topological polar surface area (TPSA) is 70.0 Å². The summed E-state index contributed by atoms with van der Waals surface area (Å²) >= 11 is 0. The van der Waals surface area contributed by atoms with Gasteiger partial charge in [-0.2, -0.15) is 0 Å². The summed E-state index contributed by atoms with van der Waals surface area (Å²) in [6, 6.07) is -0.581. The maximum Gasteiger partial charge on any atom is 0.410 e. The van der Waals surface area contributed by atoms with E-state index in [0.29, 0.717) is 13.0 Å². The van der Waals surface area contributed by atoms with E-state index >= 15 is 0 Å². The molecule has 5 nitrogen and oxygen atoms in total. The third-order valence-electron chi connectivity index (χ3n) is 2.75. The van der Waals surface area contributed by atoms with Gasteiger partial charge >= 0.3 is 6.09 Å². The van der Waals surface area contributed by atoms with Gasteiger partial charge in [0.15, 0.2) is 0 Å². The van der Waals surface area contributed by atoms with Crippen LogP contribution >= 0.6 is 0 Å². The number of amides is 1. The lowest BCUT2D eigenvalue weighted by atomic mass is 9.98. The number of hydrogen-bond acceptors (Lipinski definition) is 4. The van der Waals surface area contributed by atoms with Crippen molar-refractivity contribution >= 4 is 6.09 Å². The Hall–Kier alpha value is -0.810. The van der Waals surface area contributed by atoms with Gasteiger partial charge in [0.1, 0.15) is 5.60 Å². The van der Waals surface area contributed by atoms with Crippen molar-refractivity contribution in [2.45, 2.75) is 51.4 Å². The Morgan fingerprint density at radius 2 is 2.12 bits per heavy atom. The summed E-state index contributed by atoms with van der Waals surface area (Å²) < 4.78 is 5.21. The maximum absolute atomic E-state index is 11.8. The predicted molar refractivity (Wildman–Crippen MR) is 59.1 cm³/mol. The highest BCUT2D eigenvalue weighted by molar-refractivity contribution is 5.69. The van der Waals surface area contributed by atoms with Gasteiger partial charge in [-0.1, -0.05) is 0 Å². The van der Waals surface area contributed by atoms with Gasteiger partial charge < -0.3 is 14.9 Å². The maximum atomic E-state index is 11.8. The lowest BCUT2D eigenvalue weighted by Gasteiger charge is -2.31. The third kappa shape index (κ3) is 2.86. The molecule has 1 saturated heterocycles. The van der Waals surface area contributed by atoms with E-state index < -0.39 is 23.3 Å². The lowest BCUT2D eigenvalue weighted by molar-refractivity contribution is -0.0219. The minimum absolute atomic E-state index is 0.258. The highest BCUT2D eigenvalue weighted by atomic mass is 16.6. The number of carbonyl (C=O) groups excluding carboxylic acids is 1. The van der Waals surface area contributed by atoms with Crippen LogP contribution in [0.15, 0.2) is 0 Å². The zero-order valence-corrected chi connectivity index (χ0v) is 10.4. The molecule has 0 radical (unpaired) electrons. The lowest BCUT2D eigenvalue weighted by Crippen LogP contribution is -2.48. The third-order valence-corrected chi connectivity index (χ3v) is 2.75. The smallest absolute Gasteiger partial charge is 0.410 e. The van der Waals surface area contributed by atoms with Crippen LogP contribution in [0.3, 0.4) is 0 Å². The standard InChI is InChI=1S/C11H21NO4/c1-10(2,3)16-9(14)12-6-5-11(4,15)8(12)7-13/h8,13,15H,5-7H2,1-4H3/t8-,11+/m0/s1. The molecular formula is C11H21NO4. The number of ether oxygens (including phenoxy) is 1. The molecule has 1 heterocycles. The highest BCUT2D eigenvalue weighted by Crippen LogP contribution is 2.29. The van der Waals surface area contributed by atoms with E-state index in [1.54, 1.807) is 27.7 Å². The average molecular weight is 231 g/mol. The van der Waals surface area contributed by atoms with E-state index in [1.165, 1.54) is 4.90 Å². The summed E-state index contributed by atoms with van der Waals surface area (Å²) in [6.45, 7) is 7.13. The highest BCUT2D eigenvalue weighted by Gasteiger charge is 2.45. The zero-order valence-electron chi connectivity index (χ0n) is 10.4. The van der Waals surface area contributed by atoms with Crippen LogP contribution in [0.2, 0.25) is 0 Å². The number of hydrogen-bond donors (Lipinski definition) is 2. The van der Waals surface area contributed by atoms with Crippen LogP contribution in [0.25, 0.3) is 0 Å². The van der Waals surface area contributed by atoms with Gasteiger partial charge in [0.05, 0.1) is 18.2 Å². The normalized spacial score (nSPS) is 30.6. The Balaban J connectivity index is 2.71. The quantitative estimate of drug-likeness (QED) is 0.698. The number of nitrogens with zero attached hydrogens (tertiary/aromatic N) is 1. The number of carbonyl (C=O) groups is 1. The molecule has 5 heteroatoms. The molecular weight excluding hydrogens is 210 g/mol. The zero-order chi connectivity index (χ0) is 12.6. The first-order valence-electron chi connectivity index (χ1n) is 5.50. The minimum Gasteiger partial charge on any atom is -0.444 e. The van der Waals surface area contributed by atoms with Crippen LogP contribution in [-0.2, 0) is 4.74 Å². The van der Waals surface area contributed by atoms with Crippen molar-refractivity contribution in [3.05, 3.63) is 0 Å². The molecule has 0 aromatic carbocycles. The van der Waals surface area contributed by atoms with E-state index in [4.69, 9.17) is 4.74 Å². The molecule has 1 amide bonds. The fraction of sp³-hybridized carbons (Fsp3) is 0.909. The van der Waals surface area contributed by atoms with Crippen LogP contribution in [0.5, 0.6) is 0 Å². The number of aliphatic hydroxyl groups excluding tert-OH is 1. The minimum atomic E-state index is -1.04. The van der Waals surface area contributed by atoms with Gasteiger partial charge in [0.2, 0.25) is 0 Å². The molecule has 0 saturated carbocycles. The van der Waals surface area contributed by atoms with E-state index in [-0.39, 0.29) is 6.61 Å². The summed E-state index contributed by atoms with van der Waals surface area (Å²) in [5, 5.41) is 19.2.